The molecule has 0 atom stereocenters. The van der Waals surface area contributed by atoms with Crippen LogP contribution in [0.15, 0.2) is 42.5 Å². The molecule has 0 fully saturated rings. The van der Waals surface area contributed by atoms with Gasteiger partial charge >= 0.3 is 6.03 Å². The number of carbonyl (C=O) groups excluding carboxylic acids is 1. The van der Waals surface area contributed by atoms with Crippen LogP contribution in [-0.4, -0.2) is 11.0 Å². The third-order valence-corrected chi connectivity index (χ3v) is 3.06. The Kier molecular flexibility index (Phi) is 4.18. The molecule has 6 nitrogen and oxygen atoms in total. The molecule has 0 saturated heterocycles. The van der Waals surface area contributed by atoms with Gasteiger partial charge in [0.15, 0.2) is 0 Å². The fourth-order valence-corrected chi connectivity index (χ4v) is 1.95. The van der Waals surface area contributed by atoms with Crippen LogP contribution in [0.4, 0.5) is 21.9 Å². The number of anilines is 2. The van der Waals surface area contributed by atoms with Crippen molar-refractivity contribution in [2.45, 2.75) is 13.8 Å². The minimum atomic E-state index is -0.486. The summed E-state index contributed by atoms with van der Waals surface area (Å²) >= 11 is 0. The first-order chi connectivity index (χ1) is 9.97. The zero-order valence-electron chi connectivity index (χ0n) is 11.7. The molecular weight excluding hydrogens is 270 g/mol. The van der Waals surface area contributed by atoms with Crippen molar-refractivity contribution in [1.29, 1.82) is 0 Å². The van der Waals surface area contributed by atoms with Crippen LogP contribution >= 0.6 is 0 Å². The van der Waals surface area contributed by atoms with Crippen molar-refractivity contribution in [3.8, 4) is 0 Å². The summed E-state index contributed by atoms with van der Waals surface area (Å²) in [5.41, 5.74) is 3.17. The second kappa shape index (κ2) is 6.04. The number of nitrogens with one attached hydrogen (secondary N) is 2. The van der Waals surface area contributed by atoms with Gasteiger partial charge in [-0.2, -0.15) is 0 Å². The van der Waals surface area contributed by atoms with Crippen LogP contribution in [0.25, 0.3) is 0 Å². The van der Waals surface area contributed by atoms with Crippen molar-refractivity contribution in [3.05, 3.63) is 63.7 Å². The van der Waals surface area contributed by atoms with E-state index in [4.69, 9.17) is 0 Å². The molecule has 0 aliphatic carbocycles. The quantitative estimate of drug-likeness (QED) is 0.663. The van der Waals surface area contributed by atoms with E-state index in [0.29, 0.717) is 5.69 Å². The zero-order valence-corrected chi connectivity index (χ0v) is 11.7. The van der Waals surface area contributed by atoms with E-state index in [1.54, 1.807) is 0 Å². The number of nitro groups is 1. The molecular formula is C15H15N3O3. The molecule has 108 valence electrons. The first-order valence-electron chi connectivity index (χ1n) is 6.36. The molecule has 2 aromatic carbocycles. The summed E-state index contributed by atoms with van der Waals surface area (Å²) in [5, 5.41) is 16.0. The molecule has 0 bridgehead atoms. The van der Waals surface area contributed by atoms with Crippen molar-refractivity contribution in [2.75, 3.05) is 10.6 Å². The van der Waals surface area contributed by atoms with Crippen molar-refractivity contribution in [1.82, 2.24) is 0 Å². The molecule has 0 unspecified atom stereocenters. The average Bonchev–Trinajstić information content (AvgIpc) is 2.43. The van der Waals surface area contributed by atoms with Crippen LogP contribution in [-0.2, 0) is 0 Å². The maximum absolute atomic E-state index is 11.9. The van der Waals surface area contributed by atoms with Gasteiger partial charge in [-0.1, -0.05) is 18.2 Å². The van der Waals surface area contributed by atoms with E-state index in [1.165, 1.54) is 24.3 Å². The van der Waals surface area contributed by atoms with Gasteiger partial charge in [0.2, 0.25) is 0 Å². The number of hydrogen-bond acceptors (Lipinski definition) is 3. The minimum Gasteiger partial charge on any atom is -0.308 e. The third kappa shape index (κ3) is 3.56. The second-order valence-electron chi connectivity index (χ2n) is 4.65. The molecule has 0 aromatic heterocycles. The normalized spacial score (nSPS) is 10.0. The highest BCUT2D eigenvalue weighted by Crippen LogP contribution is 2.20. The summed E-state index contributed by atoms with van der Waals surface area (Å²) < 4.78 is 0. The smallest absolute Gasteiger partial charge is 0.308 e. The lowest BCUT2D eigenvalue weighted by atomic mass is 10.1. The lowest BCUT2D eigenvalue weighted by Gasteiger charge is -2.12. The van der Waals surface area contributed by atoms with Gasteiger partial charge in [0, 0.05) is 23.5 Å². The highest BCUT2D eigenvalue weighted by Gasteiger charge is 2.08. The topological polar surface area (TPSA) is 84.3 Å². The molecule has 21 heavy (non-hydrogen) atoms. The Balaban J connectivity index is 2.06. The Morgan fingerprint density at radius 3 is 2.10 bits per heavy atom. The minimum absolute atomic E-state index is 0.0179. The number of rotatable bonds is 3. The van der Waals surface area contributed by atoms with Gasteiger partial charge in [0.25, 0.3) is 5.69 Å². The maximum atomic E-state index is 11.9. The Bertz CT molecular complexity index is 661. The van der Waals surface area contributed by atoms with Crippen molar-refractivity contribution in [3.63, 3.8) is 0 Å². The van der Waals surface area contributed by atoms with Gasteiger partial charge in [-0.25, -0.2) is 4.79 Å². The fourth-order valence-electron chi connectivity index (χ4n) is 1.95. The largest absolute Gasteiger partial charge is 0.323 e. The number of non-ortho nitro benzene ring substituents is 1. The second-order valence-corrected chi connectivity index (χ2v) is 4.65. The summed E-state index contributed by atoms with van der Waals surface area (Å²) in [6, 6.07) is 11.0. The first kappa shape index (κ1) is 14.5. The van der Waals surface area contributed by atoms with Gasteiger partial charge in [-0.15, -0.1) is 0 Å². The number of amides is 2. The van der Waals surface area contributed by atoms with Crippen LogP contribution in [0.3, 0.4) is 0 Å². The van der Waals surface area contributed by atoms with E-state index in [-0.39, 0.29) is 11.7 Å². The Morgan fingerprint density at radius 2 is 1.57 bits per heavy atom. The van der Waals surface area contributed by atoms with E-state index < -0.39 is 4.92 Å². The number of hydrogen-bond donors (Lipinski definition) is 2. The molecule has 0 aliphatic heterocycles. The standard InChI is InChI=1S/C15H15N3O3/c1-10-4-3-5-11(2)14(10)17-15(19)16-12-6-8-13(9-7-12)18(20)21/h3-9H,1-2H3,(H2,16,17,19). The van der Waals surface area contributed by atoms with Crippen molar-refractivity contribution < 1.29 is 9.72 Å². The lowest BCUT2D eigenvalue weighted by Crippen LogP contribution is -2.20. The highest BCUT2D eigenvalue weighted by molar-refractivity contribution is 6.00. The molecule has 2 N–H and O–H groups in total. The fraction of sp³-hybridized carbons (Fsp3) is 0.133. The monoisotopic (exact) mass is 285 g/mol. The lowest BCUT2D eigenvalue weighted by molar-refractivity contribution is -0.384. The molecule has 0 aliphatic rings. The van der Waals surface area contributed by atoms with E-state index in [9.17, 15) is 14.9 Å². The summed E-state index contributed by atoms with van der Waals surface area (Å²) in [5.74, 6) is 0. The van der Waals surface area contributed by atoms with E-state index >= 15 is 0 Å². The first-order valence-corrected chi connectivity index (χ1v) is 6.36. The highest BCUT2D eigenvalue weighted by atomic mass is 16.6. The van der Waals surface area contributed by atoms with Crippen LogP contribution < -0.4 is 10.6 Å². The Morgan fingerprint density at radius 1 is 1.00 bits per heavy atom. The zero-order chi connectivity index (χ0) is 15.4. The average molecular weight is 285 g/mol. The van der Waals surface area contributed by atoms with Gasteiger partial charge < -0.3 is 10.6 Å². The van der Waals surface area contributed by atoms with Crippen molar-refractivity contribution in [2.24, 2.45) is 0 Å². The number of nitrogens with zero attached hydrogens (tertiary/aromatic N) is 1. The van der Waals surface area contributed by atoms with Gasteiger partial charge in [0.05, 0.1) is 4.92 Å². The van der Waals surface area contributed by atoms with Crippen molar-refractivity contribution >= 4 is 23.1 Å². The number of urea groups is 1. The number of para-hydroxylation sites is 1. The number of carbonyl (C=O) groups is 1. The Hall–Kier alpha value is -2.89. The number of nitro benzene ring substituents is 1. The molecule has 6 heteroatoms. The van der Waals surface area contributed by atoms with Gasteiger partial charge in [-0.05, 0) is 37.1 Å². The van der Waals surface area contributed by atoms with E-state index in [2.05, 4.69) is 10.6 Å². The predicted octanol–water partition coefficient (Wildman–Crippen LogP) is 3.86. The maximum Gasteiger partial charge on any atom is 0.323 e. The van der Waals surface area contributed by atoms with E-state index in [1.807, 2.05) is 32.0 Å². The number of benzene rings is 2. The summed E-state index contributed by atoms with van der Waals surface area (Å²) in [6.45, 7) is 3.82. The number of aryl methyl sites for hydroxylation is 2. The molecule has 2 rings (SSSR count). The molecule has 2 amide bonds. The van der Waals surface area contributed by atoms with Crippen LogP contribution in [0, 0.1) is 24.0 Å². The summed E-state index contributed by atoms with van der Waals surface area (Å²) in [7, 11) is 0. The van der Waals surface area contributed by atoms with E-state index in [0.717, 1.165) is 16.8 Å². The molecule has 0 saturated carbocycles. The summed E-state index contributed by atoms with van der Waals surface area (Å²) in [4.78, 5) is 22.0. The SMILES string of the molecule is Cc1cccc(C)c1NC(=O)Nc1ccc([N+](=O)[O-])cc1. The van der Waals surface area contributed by atoms with Crippen LogP contribution in [0.5, 0.6) is 0 Å². The van der Waals surface area contributed by atoms with Crippen LogP contribution in [0.1, 0.15) is 11.1 Å². The van der Waals surface area contributed by atoms with Crippen LogP contribution in [0.2, 0.25) is 0 Å². The molecule has 0 spiro atoms. The predicted molar refractivity (Wildman–Crippen MR) is 81.7 cm³/mol. The Labute approximate surface area is 121 Å². The summed E-state index contributed by atoms with van der Waals surface area (Å²) in [6.07, 6.45) is 0. The third-order valence-electron chi connectivity index (χ3n) is 3.06. The molecule has 0 heterocycles. The van der Waals surface area contributed by atoms with Gasteiger partial charge in [-0.3, -0.25) is 10.1 Å². The van der Waals surface area contributed by atoms with Gasteiger partial charge in [0.1, 0.15) is 0 Å². The molecule has 2 aromatic rings. The molecule has 0 radical (unpaired) electrons.